The highest BCUT2D eigenvalue weighted by Crippen LogP contribution is 2.40. The van der Waals surface area contributed by atoms with Crippen molar-refractivity contribution in [1.82, 2.24) is 5.32 Å². The molecule has 0 bridgehead atoms. The number of ether oxygens (including phenoxy) is 6. The summed E-state index contributed by atoms with van der Waals surface area (Å²) in [5.74, 6) is 5.42. The van der Waals surface area contributed by atoms with Crippen molar-refractivity contribution >= 4 is 5.91 Å². The molecule has 0 aromatic heterocycles. The predicted octanol–water partition coefficient (Wildman–Crippen LogP) is 15.6. The monoisotopic (exact) mass is 939 g/mol. The number of hydrogen-bond acceptors (Lipinski definition) is 8. The lowest BCUT2D eigenvalue weighted by atomic mass is 10.0. The second kappa shape index (κ2) is 40.7. The van der Waals surface area contributed by atoms with E-state index in [1.54, 1.807) is 7.11 Å². The second-order valence-corrected chi connectivity index (χ2v) is 20.3. The van der Waals surface area contributed by atoms with Gasteiger partial charge in [0.2, 0.25) is 5.75 Å². The summed E-state index contributed by atoms with van der Waals surface area (Å²) in [5, 5.41) is 3.05. The Labute approximate surface area is 411 Å². The molecular weight excluding hydrogens is 837 g/mol. The number of carbonyl (C=O) groups is 1. The molecule has 9 heteroatoms. The Kier molecular flexibility index (Phi) is 36.4. The zero-order chi connectivity index (χ0) is 48.6. The molecule has 2 aromatic rings. The third-order valence-electron chi connectivity index (χ3n) is 12.6. The largest absolute Gasteiger partial charge is 0.497 e. The molecule has 0 heterocycles. The standard InChI is InChI=1S/C58H102N2O7/c1-48(2)32-26-20-14-8-11-17-23-29-38-64-55-44-52(58(61)60-37-41-63-42-43-66-54-46-53(62-7)36-35-51(54)47-59)45-56(65-39-30-24-18-12-9-15-21-27-33-49(3)4)57(55)67-40-31-25-19-13-10-16-22-28-34-50(5)6/h35-36,44-46,48-50H,8-34,37-43,47,59H2,1-7H3,(H,60,61). The van der Waals surface area contributed by atoms with Crippen LogP contribution in [0.15, 0.2) is 30.3 Å². The summed E-state index contributed by atoms with van der Waals surface area (Å²) in [6.45, 7) is 17.4. The average Bonchev–Trinajstić information content (AvgIpc) is 3.31. The third-order valence-corrected chi connectivity index (χ3v) is 12.6. The number of benzene rings is 2. The van der Waals surface area contributed by atoms with Gasteiger partial charge in [-0.25, -0.2) is 0 Å². The highest BCUT2D eigenvalue weighted by molar-refractivity contribution is 5.95. The van der Waals surface area contributed by atoms with Crippen molar-refractivity contribution in [3.05, 3.63) is 41.5 Å². The van der Waals surface area contributed by atoms with Gasteiger partial charge in [-0.3, -0.25) is 4.79 Å². The Hall–Kier alpha value is -3.17. The van der Waals surface area contributed by atoms with E-state index in [0.717, 1.165) is 61.8 Å². The molecule has 9 nitrogen and oxygen atoms in total. The number of hydrogen-bond donors (Lipinski definition) is 2. The molecule has 386 valence electrons. The molecule has 0 saturated heterocycles. The Balaban J connectivity index is 2.04. The molecule has 3 N–H and O–H groups in total. The minimum atomic E-state index is -0.198. The number of amides is 1. The summed E-state index contributed by atoms with van der Waals surface area (Å²) < 4.78 is 36.7. The zero-order valence-corrected chi connectivity index (χ0v) is 44.3. The van der Waals surface area contributed by atoms with Crippen LogP contribution in [-0.4, -0.2) is 59.2 Å². The van der Waals surface area contributed by atoms with Gasteiger partial charge in [-0.1, -0.05) is 202 Å². The van der Waals surface area contributed by atoms with Gasteiger partial charge in [-0.05, 0) is 55.2 Å². The van der Waals surface area contributed by atoms with Crippen molar-refractivity contribution in [3.63, 3.8) is 0 Å². The molecule has 0 atom stereocenters. The van der Waals surface area contributed by atoms with Crippen molar-refractivity contribution in [3.8, 4) is 28.7 Å². The van der Waals surface area contributed by atoms with Crippen LogP contribution < -0.4 is 34.7 Å². The summed E-state index contributed by atoms with van der Waals surface area (Å²) in [4.78, 5) is 13.7. The van der Waals surface area contributed by atoms with E-state index >= 15 is 0 Å². The lowest BCUT2D eigenvalue weighted by molar-refractivity contribution is 0.0864. The first-order valence-corrected chi connectivity index (χ1v) is 27.6. The van der Waals surface area contributed by atoms with E-state index < -0.39 is 0 Å². The summed E-state index contributed by atoms with van der Waals surface area (Å²) >= 11 is 0. The van der Waals surface area contributed by atoms with Gasteiger partial charge in [0.1, 0.15) is 18.1 Å². The Morgan fingerprint density at radius 2 is 0.881 bits per heavy atom. The predicted molar refractivity (Wildman–Crippen MR) is 282 cm³/mol. The maximum atomic E-state index is 13.7. The Morgan fingerprint density at radius 3 is 1.30 bits per heavy atom. The van der Waals surface area contributed by atoms with E-state index in [4.69, 9.17) is 34.2 Å². The van der Waals surface area contributed by atoms with Crippen LogP contribution in [0.3, 0.4) is 0 Å². The fourth-order valence-electron chi connectivity index (χ4n) is 8.37. The van der Waals surface area contributed by atoms with Crippen molar-refractivity contribution in [2.45, 2.75) is 221 Å². The Bertz CT molecular complexity index is 1430. The molecular formula is C58H102N2O7. The average molecular weight is 939 g/mol. The van der Waals surface area contributed by atoms with E-state index in [0.29, 0.717) is 87.0 Å². The minimum Gasteiger partial charge on any atom is -0.497 e. The van der Waals surface area contributed by atoms with Gasteiger partial charge >= 0.3 is 0 Å². The first-order valence-electron chi connectivity index (χ1n) is 27.6. The minimum absolute atomic E-state index is 0.198. The molecule has 2 aromatic carbocycles. The number of methoxy groups -OCH3 is 1. The fraction of sp³-hybridized carbons (Fsp3) is 0.776. The van der Waals surface area contributed by atoms with Crippen LogP contribution in [0, 0.1) is 17.8 Å². The molecule has 2 rings (SSSR count). The van der Waals surface area contributed by atoms with E-state index in [-0.39, 0.29) is 5.91 Å². The number of carbonyl (C=O) groups excluding carboxylic acids is 1. The molecule has 0 aliphatic heterocycles. The SMILES string of the molecule is COc1ccc(CN)c(OCCOCCNC(=O)c2cc(OCCCCCCCCCCC(C)C)c(OCCCCCCCCCCC(C)C)c(OCCCCCCCCCCC(C)C)c2)c1. The summed E-state index contributed by atoms with van der Waals surface area (Å²) in [6.07, 6.45) is 33.8. The molecule has 0 radical (unpaired) electrons. The molecule has 0 aliphatic carbocycles. The number of nitrogens with two attached hydrogens (primary N) is 1. The fourth-order valence-corrected chi connectivity index (χ4v) is 8.37. The number of unbranched alkanes of at least 4 members (excludes halogenated alkanes) is 21. The third kappa shape index (κ3) is 31.6. The molecule has 0 aliphatic rings. The lowest BCUT2D eigenvalue weighted by Crippen LogP contribution is -2.28. The first kappa shape index (κ1) is 60.0. The highest BCUT2D eigenvalue weighted by Gasteiger charge is 2.19. The van der Waals surface area contributed by atoms with Crippen molar-refractivity contribution in [2.75, 3.05) is 53.3 Å². The zero-order valence-electron chi connectivity index (χ0n) is 44.3. The quantitative estimate of drug-likeness (QED) is 0.0632. The van der Waals surface area contributed by atoms with E-state index in [1.165, 1.54) is 135 Å². The van der Waals surface area contributed by atoms with Crippen molar-refractivity contribution in [2.24, 2.45) is 23.5 Å². The molecule has 0 fully saturated rings. The Morgan fingerprint density at radius 1 is 0.478 bits per heavy atom. The van der Waals surface area contributed by atoms with E-state index in [1.807, 2.05) is 30.3 Å². The van der Waals surface area contributed by atoms with Crippen LogP contribution in [0.5, 0.6) is 28.7 Å². The maximum absolute atomic E-state index is 13.7. The van der Waals surface area contributed by atoms with Gasteiger partial charge in [0.15, 0.2) is 11.5 Å². The van der Waals surface area contributed by atoms with Gasteiger partial charge in [0.05, 0.1) is 40.1 Å². The molecule has 0 saturated carbocycles. The topological polar surface area (TPSA) is 111 Å². The van der Waals surface area contributed by atoms with Gasteiger partial charge < -0.3 is 39.5 Å². The van der Waals surface area contributed by atoms with Gasteiger partial charge in [0.25, 0.3) is 5.91 Å². The van der Waals surface area contributed by atoms with Crippen LogP contribution in [0.2, 0.25) is 0 Å². The summed E-state index contributed by atoms with van der Waals surface area (Å²) in [5.41, 5.74) is 7.30. The van der Waals surface area contributed by atoms with Crippen LogP contribution in [0.4, 0.5) is 0 Å². The van der Waals surface area contributed by atoms with Crippen LogP contribution in [-0.2, 0) is 11.3 Å². The maximum Gasteiger partial charge on any atom is 0.251 e. The number of rotatable bonds is 46. The highest BCUT2D eigenvalue weighted by atomic mass is 16.5. The first-order chi connectivity index (χ1) is 32.6. The van der Waals surface area contributed by atoms with Gasteiger partial charge in [-0.2, -0.15) is 0 Å². The van der Waals surface area contributed by atoms with Crippen LogP contribution in [0.25, 0.3) is 0 Å². The van der Waals surface area contributed by atoms with E-state index in [2.05, 4.69) is 46.9 Å². The smallest absolute Gasteiger partial charge is 0.251 e. The van der Waals surface area contributed by atoms with Gasteiger partial charge in [-0.15, -0.1) is 0 Å². The van der Waals surface area contributed by atoms with Crippen molar-refractivity contribution in [1.29, 1.82) is 0 Å². The summed E-state index contributed by atoms with van der Waals surface area (Å²) in [7, 11) is 1.63. The van der Waals surface area contributed by atoms with Crippen LogP contribution >= 0.6 is 0 Å². The van der Waals surface area contributed by atoms with E-state index in [9.17, 15) is 4.79 Å². The molecule has 0 unspecified atom stereocenters. The van der Waals surface area contributed by atoms with Crippen molar-refractivity contribution < 1.29 is 33.2 Å². The molecule has 67 heavy (non-hydrogen) atoms. The molecule has 1 amide bonds. The second-order valence-electron chi connectivity index (χ2n) is 20.3. The normalized spacial score (nSPS) is 11.5. The summed E-state index contributed by atoms with van der Waals surface area (Å²) in [6, 6.07) is 9.30. The number of nitrogens with one attached hydrogen (secondary N) is 1. The van der Waals surface area contributed by atoms with Gasteiger partial charge in [0, 0.05) is 30.3 Å². The van der Waals surface area contributed by atoms with Crippen LogP contribution in [0.1, 0.15) is 231 Å². The molecule has 0 spiro atoms. The lowest BCUT2D eigenvalue weighted by Gasteiger charge is -2.19.